The molecular weight excluding hydrogens is 394 g/mol. The van der Waals surface area contributed by atoms with Crippen molar-refractivity contribution < 1.29 is 14.0 Å². The summed E-state index contributed by atoms with van der Waals surface area (Å²) in [7, 11) is 0. The van der Waals surface area contributed by atoms with Crippen molar-refractivity contribution in [1.29, 1.82) is 0 Å². The lowest BCUT2D eigenvalue weighted by atomic mass is 9.97. The highest BCUT2D eigenvalue weighted by molar-refractivity contribution is 5.96. The molecule has 2 fully saturated rings. The molecule has 2 saturated heterocycles. The van der Waals surface area contributed by atoms with Gasteiger partial charge in [-0.1, -0.05) is 18.2 Å². The van der Waals surface area contributed by atoms with Crippen LogP contribution >= 0.6 is 12.4 Å². The third kappa shape index (κ3) is 4.79. The second-order valence-corrected chi connectivity index (χ2v) is 7.64. The van der Waals surface area contributed by atoms with E-state index in [2.05, 4.69) is 10.6 Å². The summed E-state index contributed by atoms with van der Waals surface area (Å²) in [5, 5.41) is 6.93. The van der Waals surface area contributed by atoms with Gasteiger partial charge >= 0.3 is 5.63 Å². The van der Waals surface area contributed by atoms with Crippen molar-refractivity contribution in [2.24, 2.45) is 5.92 Å². The number of halogens is 1. The molecule has 0 bridgehead atoms. The largest absolute Gasteiger partial charge is 0.422 e. The lowest BCUT2D eigenvalue weighted by Crippen LogP contribution is -2.47. The quantitative estimate of drug-likeness (QED) is 0.739. The Labute approximate surface area is 175 Å². The van der Waals surface area contributed by atoms with E-state index in [1.165, 1.54) is 0 Å². The van der Waals surface area contributed by atoms with Gasteiger partial charge in [0.05, 0.1) is 6.04 Å². The SMILES string of the molecule is Cl.O=C(NCC1CCCN(C(=O)c2cc3ccccc3oc2=O)C1)C1CCCN1. The molecule has 156 valence electrons. The van der Waals surface area contributed by atoms with Gasteiger partial charge in [-0.05, 0) is 50.3 Å². The topological polar surface area (TPSA) is 91.7 Å². The predicted molar refractivity (Wildman–Crippen MR) is 112 cm³/mol. The zero-order chi connectivity index (χ0) is 19.5. The van der Waals surface area contributed by atoms with Gasteiger partial charge in [-0.25, -0.2) is 4.79 Å². The molecule has 2 amide bonds. The molecule has 1 aromatic carbocycles. The summed E-state index contributed by atoms with van der Waals surface area (Å²) in [6, 6.07) is 8.68. The van der Waals surface area contributed by atoms with Crippen LogP contribution < -0.4 is 16.3 Å². The van der Waals surface area contributed by atoms with Crippen LogP contribution in [0.25, 0.3) is 11.0 Å². The number of hydrogen-bond acceptors (Lipinski definition) is 5. The normalized spacial score (nSPS) is 21.6. The molecule has 0 radical (unpaired) electrons. The van der Waals surface area contributed by atoms with Gasteiger partial charge < -0.3 is 20.0 Å². The molecule has 2 aliphatic heterocycles. The lowest BCUT2D eigenvalue weighted by Gasteiger charge is -2.33. The fourth-order valence-electron chi connectivity index (χ4n) is 4.07. The van der Waals surface area contributed by atoms with Crippen molar-refractivity contribution >= 4 is 35.2 Å². The van der Waals surface area contributed by atoms with E-state index >= 15 is 0 Å². The van der Waals surface area contributed by atoms with Gasteiger partial charge in [-0.2, -0.15) is 0 Å². The summed E-state index contributed by atoms with van der Waals surface area (Å²) in [4.78, 5) is 39.1. The average molecular weight is 420 g/mol. The Kier molecular flexibility index (Phi) is 6.92. The number of rotatable bonds is 4. The van der Waals surface area contributed by atoms with Crippen molar-refractivity contribution in [1.82, 2.24) is 15.5 Å². The van der Waals surface area contributed by atoms with Crippen LogP contribution in [0.3, 0.4) is 0 Å². The Balaban J connectivity index is 0.00000240. The number of nitrogens with one attached hydrogen (secondary N) is 2. The number of piperidine rings is 1. The smallest absolute Gasteiger partial charge is 0.349 e. The molecule has 3 heterocycles. The molecule has 2 N–H and O–H groups in total. The standard InChI is InChI=1S/C21H25N3O4.ClH/c25-19(17-7-3-9-22-17)23-12-14-5-4-10-24(13-14)20(26)16-11-15-6-1-2-8-18(15)28-21(16)27;/h1-2,6,8,11,14,17,22H,3-5,7,9-10,12-13H2,(H,23,25);1H. The molecule has 0 aliphatic carbocycles. The van der Waals surface area contributed by atoms with Gasteiger partial charge in [0, 0.05) is 25.0 Å². The monoisotopic (exact) mass is 419 g/mol. The van der Waals surface area contributed by atoms with E-state index in [4.69, 9.17) is 4.42 Å². The highest BCUT2D eigenvalue weighted by atomic mass is 35.5. The summed E-state index contributed by atoms with van der Waals surface area (Å²) < 4.78 is 5.30. The van der Waals surface area contributed by atoms with Gasteiger partial charge in [-0.3, -0.25) is 9.59 Å². The fourth-order valence-corrected chi connectivity index (χ4v) is 4.07. The minimum Gasteiger partial charge on any atom is -0.422 e. The Morgan fingerprint density at radius 2 is 2.03 bits per heavy atom. The molecule has 0 spiro atoms. The number of nitrogens with zero attached hydrogens (tertiary/aromatic N) is 1. The summed E-state index contributed by atoms with van der Waals surface area (Å²) in [6.45, 7) is 2.58. The molecule has 2 aromatic rings. The number of carbonyl (C=O) groups is 2. The zero-order valence-electron chi connectivity index (χ0n) is 16.2. The van der Waals surface area contributed by atoms with Crippen LogP contribution in [0.5, 0.6) is 0 Å². The van der Waals surface area contributed by atoms with Gasteiger partial charge in [0.2, 0.25) is 5.91 Å². The summed E-state index contributed by atoms with van der Waals surface area (Å²) in [6.07, 6.45) is 3.71. The molecule has 29 heavy (non-hydrogen) atoms. The van der Waals surface area contributed by atoms with Gasteiger partial charge in [-0.15, -0.1) is 12.4 Å². The summed E-state index contributed by atoms with van der Waals surface area (Å²) in [5.74, 6) is -0.0698. The number of benzene rings is 1. The van der Waals surface area contributed by atoms with Crippen LogP contribution in [0.1, 0.15) is 36.0 Å². The minimum absolute atomic E-state index is 0. The zero-order valence-corrected chi connectivity index (χ0v) is 17.0. The first-order valence-corrected chi connectivity index (χ1v) is 9.95. The van der Waals surface area contributed by atoms with Crippen LogP contribution in [0.4, 0.5) is 0 Å². The maximum Gasteiger partial charge on any atom is 0.349 e. The predicted octanol–water partition coefficient (Wildman–Crippen LogP) is 1.94. The van der Waals surface area contributed by atoms with Crippen LogP contribution in [-0.4, -0.2) is 48.9 Å². The number of fused-ring (bicyclic) bond motifs is 1. The van der Waals surface area contributed by atoms with Crippen LogP contribution in [0.2, 0.25) is 0 Å². The van der Waals surface area contributed by atoms with E-state index in [1.807, 2.05) is 12.1 Å². The molecule has 1 aromatic heterocycles. The third-order valence-electron chi connectivity index (χ3n) is 5.62. The number of carbonyl (C=O) groups excluding carboxylic acids is 2. The fraction of sp³-hybridized carbons (Fsp3) is 0.476. The van der Waals surface area contributed by atoms with E-state index in [0.717, 1.165) is 37.6 Å². The van der Waals surface area contributed by atoms with Gasteiger partial charge in [0.25, 0.3) is 5.91 Å². The van der Waals surface area contributed by atoms with E-state index < -0.39 is 5.63 Å². The summed E-state index contributed by atoms with van der Waals surface area (Å²) >= 11 is 0. The lowest BCUT2D eigenvalue weighted by molar-refractivity contribution is -0.123. The van der Waals surface area contributed by atoms with E-state index in [-0.39, 0.29) is 41.7 Å². The molecule has 2 aliphatic rings. The second kappa shape index (κ2) is 9.41. The first kappa shape index (κ1) is 21.3. The van der Waals surface area contributed by atoms with Crippen molar-refractivity contribution in [3.05, 3.63) is 46.3 Å². The van der Waals surface area contributed by atoms with Gasteiger partial charge in [0.15, 0.2) is 0 Å². The average Bonchev–Trinajstić information content (AvgIpc) is 3.26. The first-order chi connectivity index (χ1) is 13.6. The van der Waals surface area contributed by atoms with E-state index in [0.29, 0.717) is 25.2 Å². The van der Waals surface area contributed by atoms with E-state index in [1.54, 1.807) is 23.1 Å². The second-order valence-electron chi connectivity index (χ2n) is 7.64. The highest BCUT2D eigenvalue weighted by Gasteiger charge is 2.28. The Bertz CT molecular complexity index is 939. The third-order valence-corrected chi connectivity index (χ3v) is 5.62. The molecule has 2 unspecified atom stereocenters. The summed E-state index contributed by atoms with van der Waals surface area (Å²) in [5.41, 5.74) is -0.0613. The minimum atomic E-state index is -0.605. The molecular formula is C21H26ClN3O4. The van der Waals surface area contributed by atoms with Crippen LogP contribution in [0, 0.1) is 5.92 Å². The number of amides is 2. The molecule has 8 heteroatoms. The van der Waals surface area contributed by atoms with Crippen molar-refractivity contribution in [3.63, 3.8) is 0 Å². The highest BCUT2D eigenvalue weighted by Crippen LogP contribution is 2.19. The van der Waals surface area contributed by atoms with Crippen molar-refractivity contribution in [2.45, 2.75) is 31.7 Å². The Hall–Kier alpha value is -2.38. The maximum absolute atomic E-state index is 12.9. The molecule has 0 saturated carbocycles. The first-order valence-electron chi connectivity index (χ1n) is 9.95. The molecule has 4 rings (SSSR count). The van der Waals surface area contributed by atoms with Crippen LogP contribution in [-0.2, 0) is 4.79 Å². The molecule has 2 atom stereocenters. The Morgan fingerprint density at radius 1 is 1.21 bits per heavy atom. The van der Waals surface area contributed by atoms with Crippen LogP contribution in [0.15, 0.2) is 39.5 Å². The number of hydrogen-bond donors (Lipinski definition) is 2. The number of likely N-dealkylation sites (tertiary alicyclic amines) is 1. The van der Waals surface area contributed by atoms with Crippen molar-refractivity contribution in [3.8, 4) is 0 Å². The van der Waals surface area contributed by atoms with E-state index in [9.17, 15) is 14.4 Å². The molecule has 7 nitrogen and oxygen atoms in total. The Morgan fingerprint density at radius 3 is 2.83 bits per heavy atom. The van der Waals surface area contributed by atoms with Gasteiger partial charge in [0.1, 0.15) is 11.1 Å². The van der Waals surface area contributed by atoms with Crippen molar-refractivity contribution in [2.75, 3.05) is 26.2 Å². The number of para-hydroxylation sites is 1. The maximum atomic E-state index is 12.9.